The van der Waals surface area contributed by atoms with Gasteiger partial charge in [-0.15, -0.1) is 13.2 Å². The van der Waals surface area contributed by atoms with Gasteiger partial charge in [0.25, 0.3) is 0 Å². The molecule has 1 unspecified atom stereocenters. The number of nitrogens with zero attached hydrogens (tertiary/aromatic N) is 1. The lowest BCUT2D eigenvalue weighted by Gasteiger charge is -2.44. The van der Waals surface area contributed by atoms with E-state index in [1.807, 2.05) is 0 Å². The van der Waals surface area contributed by atoms with Gasteiger partial charge in [-0.3, -0.25) is 4.79 Å². The molecule has 12 heteroatoms. The topological polar surface area (TPSA) is 114 Å². The molecular weight excluding hydrogens is 565 g/mol. The monoisotopic (exact) mass is 600 g/mol. The van der Waals surface area contributed by atoms with Gasteiger partial charge in [-0.05, 0) is 61.4 Å². The molecule has 2 aromatic rings. The lowest BCUT2D eigenvalue weighted by Crippen LogP contribution is -2.55. The van der Waals surface area contributed by atoms with Crippen molar-refractivity contribution < 1.29 is 42.4 Å². The van der Waals surface area contributed by atoms with Crippen LogP contribution >= 0.6 is 11.6 Å². The van der Waals surface area contributed by atoms with Crippen LogP contribution in [0.2, 0.25) is 5.02 Å². The number of methoxy groups -OCH3 is 1. The van der Waals surface area contributed by atoms with Crippen LogP contribution in [0.3, 0.4) is 0 Å². The predicted molar refractivity (Wildman–Crippen MR) is 146 cm³/mol. The van der Waals surface area contributed by atoms with Crippen molar-refractivity contribution in [2.45, 2.75) is 62.3 Å². The first-order valence-corrected chi connectivity index (χ1v) is 14.0. The third kappa shape index (κ3) is 7.52. The average molecular weight is 601 g/mol. The zero-order valence-corrected chi connectivity index (χ0v) is 23.5. The van der Waals surface area contributed by atoms with Gasteiger partial charge in [0.15, 0.2) is 0 Å². The molecule has 5 atom stereocenters. The van der Waals surface area contributed by atoms with Gasteiger partial charge in [0.1, 0.15) is 17.5 Å². The Kier molecular flexibility index (Phi) is 10.2. The smallest absolute Gasteiger partial charge is 0.406 e. The summed E-state index contributed by atoms with van der Waals surface area (Å²) in [7, 11) is 1.58. The molecule has 0 spiro atoms. The fourth-order valence-electron chi connectivity index (χ4n) is 5.78. The number of aliphatic hydroxyl groups is 2. The molecule has 4 rings (SSSR count). The van der Waals surface area contributed by atoms with Crippen molar-refractivity contribution in [3.63, 3.8) is 0 Å². The Morgan fingerprint density at radius 3 is 2.63 bits per heavy atom. The third-order valence-corrected chi connectivity index (χ3v) is 8.14. The molecule has 1 saturated carbocycles. The zero-order valence-electron chi connectivity index (χ0n) is 22.8. The molecule has 2 fully saturated rings. The van der Waals surface area contributed by atoms with Crippen molar-refractivity contribution in [3.8, 4) is 16.9 Å². The number of unbranched alkanes of at least 4 members (excludes halogenated alkanes) is 1. The van der Waals surface area contributed by atoms with Crippen molar-refractivity contribution in [2.75, 3.05) is 33.4 Å². The van der Waals surface area contributed by atoms with Gasteiger partial charge in [0, 0.05) is 42.8 Å². The highest BCUT2D eigenvalue weighted by Gasteiger charge is 2.46. The van der Waals surface area contributed by atoms with Crippen LogP contribution in [0.15, 0.2) is 42.5 Å². The molecule has 2 aliphatic rings. The highest BCUT2D eigenvalue weighted by Crippen LogP contribution is 2.44. The molecule has 41 heavy (non-hydrogen) atoms. The lowest BCUT2D eigenvalue weighted by molar-refractivity contribution is -0.274. The largest absolute Gasteiger partial charge is 0.573 e. The number of carbonyl (C=O) groups excluding carboxylic acids is 1. The Bertz CT molecular complexity index is 1190. The summed E-state index contributed by atoms with van der Waals surface area (Å²) in [5, 5.41) is 22.7. The van der Waals surface area contributed by atoms with Crippen LogP contribution in [0.25, 0.3) is 11.1 Å². The SMILES string of the molecule is COCCCC[C@@](O)(c1cccc(Cl)c1-c1cccc(OC(F)(F)F)c1)C1CN(C(=O)[C@H]2C[C@@H](N)[C@@H](O)C2)CCO1. The van der Waals surface area contributed by atoms with Crippen LogP contribution in [0.5, 0.6) is 5.75 Å². The van der Waals surface area contributed by atoms with Crippen molar-refractivity contribution in [3.05, 3.63) is 53.1 Å². The summed E-state index contributed by atoms with van der Waals surface area (Å²) in [6.07, 6.45) is -4.46. The first kappa shape index (κ1) is 31.5. The van der Waals surface area contributed by atoms with E-state index < -0.39 is 41.9 Å². The minimum absolute atomic E-state index is 0.0740. The van der Waals surface area contributed by atoms with Gasteiger partial charge in [0.05, 0.1) is 19.3 Å². The first-order valence-electron chi connectivity index (χ1n) is 13.6. The molecule has 226 valence electrons. The number of morpholine rings is 1. The normalized spacial score (nSPS) is 24.7. The number of aliphatic hydroxyl groups excluding tert-OH is 1. The number of ether oxygens (including phenoxy) is 3. The maximum absolute atomic E-state index is 13.4. The number of rotatable bonds is 10. The second kappa shape index (κ2) is 13.3. The van der Waals surface area contributed by atoms with Crippen LogP contribution in [-0.2, 0) is 19.9 Å². The zero-order chi connectivity index (χ0) is 29.8. The summed E-state index contributed by atoms with van der Waals surface area (Å²) in [4.78, 5) is 15.0. The van der Waals surface area contributed by atoms with Crippen molar-refractivity contribution in [1.29, 1.82) is 0 Å². The molecule has 1 amide bonds. The number of hydrogen-bond acceptors (Lipinski definition) is 7. The molecule has 1 aliphatic carbocycles. The standard InChI is InChI=1S/C29H36ClF3N2O6/c1-39-12-3-2-10-28(38,25-17-35(11-13-40-25)27(37)19-15-23(34)24(36)16-19)21-8-5-9-22(30)26(21)18-6-4-7-20(14-18)41-29(31,32)33/h4-9,14,19,23-25,36,38H,2-3,10-13,15-17,34H2,1H3/t19-,23+,24-,25?,28+/m0/s1. The quantitative estimate of drug-likeness (QED) is 0.350. The van der Waals surface area contributed by atoms with E-state index in [9.17, 15) is 28.2 Å². The first-order chi connectivity index (χ1) is 19.4. The Morgan fingerprint density at radius 2 is 1.95 bits per heavy atom. The van der Waals surface area contributed by atoms with Gasteiger partial charge >= 0.3 is 6.36 Å². The molecule has 0 radical (unpaired) electrons. The fourth-order valence-corrected chi connectivity index (χ4v) is 6.07. The van der Waals surface area contributed by atoms with Crippen LogP contribution in [0.1, 0.15) is 37.7 Å². The molecular formula is C29H36ClF3N2O6. The van der Waals surface area contributed by atoms with Crippen LogP contribution in [0, 0.1) is 5.92 Å². The van der Waals surface area contributed by atoms with E-state index in [-0.39, 0.29) is 36.9 Å². The Labute approximate surface area is 242 Å². The van der Waals surface area contributed by atoms with Gasteiger partial charge in [-0.1, -0.05) is 35.9 Å². The van der Waals surface area contributed by atoms with Crippen molar-refractivity contribution in [2.24, 2.45) is 11.7 Å². The van der Waals surface area contributed by atoms with Crippen molar-refractivity contribution in [1.82, 2.24) is 4.90 Å². The fraction of sp³-hybridized carbons (Fsp3) is 0.552. The average Bonchev–Trinajstić information content (AvgIpc) is 3.27. The lowest BCUT2D eigenvalue weighted by atomic mass is 9.79. The Balaban J connectivity index is 1.70. The van der Waals surface area contributed by atoms with Gasteiger partial charge in [0.2, 0.25) is 5.91 Å². The second-order valence-corrected chi connectivity index (χ2v) is 11.1. The van der Waals surface area contributed by atoms with Crippen LogP contribution in [0.4, 0.5) is 13.2 Å². The number of alkyl halides is 3. The molecule has 1 saturated heterocycles. The van der Waals surface area contributed by atoms with E-state index in [1.54, 1.807) is 36.3 Å². The molecule has 8 nitrogen and oxygen atoms in total. The van der Waals surface area contributed by atoms with Gasteiger partial charge in [-0.2, -0.15) is 0 Å². The number of carbonyl (C=O) groups is 1. The highest BCUT2D eigenvalue weighted by atomic mass is 35.5. The summed E-state index contributed by atoms with van der Waals surface area (Å²) in [6, 6.07) is 9.86. The number of amides is 1. The molecule has 0 bridgehead atoms. The van der Waals surface area contributed by atoms with E-state index in [0.29, 0.717) is 49.1 Å². The van der Waals surface area contributed by atoms with Gasteiger partial charge in [-0.25, -0.2) is 0 Å². The predicted octanol–water partition coefficient (Wildman–Crippen LogP) is 4.24. The van der Waals surface area contributed by atoms with E-state index in [0.717, 1.165) is 0 Å². The van der Waals surface area contributed by atoms with Gasteiger partial charge < -0.3 is 35.1 Å². The highest BCUT2D eigenvalue weighted by molar-refractivity contribution is 6.33. The third-order valence-electron chi connectivity index (χ3n) is 7.83. The maximum atomic E-state index is 13.4. The molecule has 0 aromatic heterocycles. The van der Waals surface area contributed by atoms with E-state index >= 15 is 0 Å². The Morgan fingerprint density at radius 1 is 1.20 bits per heavy atom. The number of nitrogens with two attached hydrogens (primary N) is 1. The van der Waals surface area contributed by atoms with E-state index in [1.165, 1.54) is 18.2 Å². The summed E-state index contributed by atoms with van der Waals surface area (Å²) < 4.78 is 54.3. The van der Waals surface area contributed by atoms with Crippen molar-refractivity contribution >= 4 is 17.5 Å². The van der Waals surface area contributed by atoms with E-state index in [4.69, 9.17) is 26.8 Å². The van der Waals surface area contributed by atoms with E-state index in [2.05, 4.69) is 4.74 Å². The number of halogens is 4. The van der Waals surface area contributed by atoms with Crippen LogP contribution in [-0.4, -0.2) is 79.0 Å². The van der Waals surface area contributed by atoms with Crippen LogP contribution < -0.4 is 10.5 Å². The molecule has 2 aromatic carbocycles. The summed E-state index contributed by atoms with van der Waals surface area (Å²) in [5.41, 5.74) is 5.30. The molecule has 1 heterocycles. The summed E-state index contributed by atoms with van der Waals surface area (Å²) in [6.45, 7) is 1.03. The second-order valence-electron chi connectivity index (χ2n) is 10.7. The molecule has 4 N–H and O–H groups in total. The minimum Gasteiger partial charge on any atom is -0.406 e. The maximum Gasteiger partial charge on any atom is 0.573 e. The number of hydrogen-bond donors (Lipinski definition) is 3. The summed E-state index contributed by atoms with van der Waals surface area (Å²) in [5.74, 6) is -1.01. The number of benzene rings is 2. The minimum atomic E-state index is -4.88. The summed E-state index contributed by atoms with van der Waals surface area (Å²) >= 11 is 6.64. The molecule has 1 aliphatic heterocycles. The Hall–Kier alpha value is -2.41.